The molecule has 0 bridgehead atoms. The van der Waals surface area contributed by atoms with E-state index in [1.807, 2.05) is 0 Å². The first-order chi connectivity index (χ1) is 6.18. The summed E-state index contributed by atoms with van der Waals surface area (Å²) in [6.45, 7) is 9.43. The van der Waals surface area contributed by atoms with Crippen LogP contribution in [0.15, 0.2) is 0 Å². The summed E-state index contributed by atoms with van der Waals surface area (Å²) in [6, 6.07) is 2.40. The SMILES string of the molecule is CC1CN(C2CC2)C(C(C)C)CN1. The Hall–Kier alpha value is -0.0800. The van der Waals surface area contributed by atoms with Crippen molar-refractivity contribution < 1.29 is 0 Å². The van der Waals surface area contributed by atoms with Crippen LogP contribution in [-0.4, -0.2) is 36.1 Å². The van der Waals surface area contributed by atoms with Gasteiger partial charge in [-0.15, -0.1) is 0 Å². The minimum Gasteiger partial charge on any atom is -0.311 e. The molecule has 1 N–H and O–H groups in total. The summed E-state index contributed by atoms with van der Waals surface area (Å²) < 4.78 is 0. The largest absolute Gasteiger partial charge is 0.311 e. The molecule has 0 spiro atoms. The molecule has 0 aromatic rings. The second kappa shape index (κ2) is 3.58. The molecule has 2 nitrogen and oxygen atoms in total. The zero-order chi connectivity index (χ0) is 9.42. The van der Waals surface area contributed by atoms with Crippen LogP contribution in [0.2, 0.25) is 0 Å². The molecule has 1 aliphatic heterocycles. The van der Waals surface area contributed by atoms with Gasteiger partial charge in [-0.05, 0) is 25.7 Å². The first-order valence-electron chi connectivity index (χ1n) is 5.67. The van der Waals surface area contributed by atoms with Crippen LogP contribution in [0.3, 0.4) is 0 Å². The molecular formula is C11H22N2. The lowest BCUT2D eigenvalue weighted by molar-refractivity contribution is 0.0950. The fourth-order valence-corrected chi connectivity index (χ4v) is 2.40. The van der Waals surface area contributed by atoms with Crippen LogP contribution < -0.4 is 5.32 Å². The molecule has 1 saturated heterocycles. The molecule has 0 aromatic carbocycles. The summed E-state index contributed by atoms with van der Waals surface area (Å²) in [4.78, 5) is 2.74. The van der Waals surface area contributed by atoms with E-state index < -0.39 is 0 Å². The highest BCUT2D eigenvalue weighted by Gasteiger charge is 2.37. The summed E-state index contributed by atoms with van der Waals surface area (Å²) in [7, 11) is 0. The lowest BCUT2D eigenvalue weighted by atomic mass is 9.98. The lowest BCUT2D eigenvalue weighted by Gasteiger charge is -2.41. The molecule has 76 valence electrons. The van der Waals surface area contributed by atoms with Gasteiger partial charge in [0.1, 0.15) is 0 Å². The van der Waals surface area contributed by atoms with E-state index in [2.05, 4.69) is 31.0 Å². The molecule has 1 saturated carbocycles. The first kappa shape index (κ1) is 9.47. The fourth-order valence-electron chi connectivity index (χ4n) is 2.40. The van der Waals surface area contributed by atoms with Gasteiger partial charge in [0.25, 0.3) is 0 Å². The number of nitrogens with one attached hydrogen (secondary N) is 1. The highest BCUT2D eigenvalue weighted by Crippen LogP contribution is 2.31. The van der Waals surface area contributed by atoms with Gasteiger partial charge < -0.3 is 5.32 Å². The van der Waals surface area contributed by atoms with Crippen molar-refractivity contribution in [3.63, 3.8) is 0 Å². The second-order valence-corrected chi connectivity index (χ2v) is 5.05. The quantitative estimate of drug-likeness (QED) is 0.695. The number of hydrogen-bond acceptors (Lipinski definition) is 2. The molecule has 0 radical (unpaired) electrons. The maximum Gasteiger partial charge on any atom is 0.0247 e. The maximum atomic E-state index is 3.58. The number of piperazine rings is 1. The first-order valence-corrected chi connectivity index (χ1v) is 5.67. The molecule has 2 unspecified atom stereocenters. The Morgan fingerprint density at radius 3 is 2.54 bits per heavy atom. The van der Waals surface area contributed by atoms with Gasteiger partial charge >= 0.3 is 0 Å². The Morgan fingerprint density at radius 1 is 1.31 bits per heavy atom. The third kappa shape index (κ3) is 2.05. The summed E-state index contributed by atoms with van der Waals surface area (Å²) in [5.74, 6) is 0.792. The zero-order valence-electron chi connectivity index (χ0n) is 9.09. The molecular weight excluding hydrogens is 160 g/mol. The van der Waals surface area contributed by atoms with E-state index in [4.69, 9.17) is 0 Å². The third-order valence-electron chi connectivity index (χ3n) is 3.37. The molecule has 1 heterocycles. The standard InChI is InChI=1S/C11H22N2/c1-8(2)11-6-12-9(3)7-13(11)10-4-5-10/h8-12H,4-7H2,1-3H3. The summed E-state index contributed by atoms with van der Waals surface area (Å²) in [5, 5.41) is 3.58. The highest BCUT2D eigenvalue weighted by molar-refractivity contribution is 4.95. The normalized spacial score (nSPS) is 36.9. The lowest BCUT2D eigenvalue weighted by Crippen LogP contribution is -2.57. The molecule has 2 fully saturated rings. The summed E-state index contributed by atoms with van der Waals surface area (Å²) in [6.07, 6.45) is 2.88. The molecule has 0 amide bonds. The van der Waals surface area contributed by atoms with Crippen LogP contribution in [0.1, 0.15) is 33.6 Å². The predicted octanol–water partition coefficient (Wildman–Crippen LogP) is 1.47. The van der Waals surface area contributed by atoms with Crippen molar-refractivity contribution in [2.45, 2.75) is 51.7 Å². The fraction of sp³-hybridized carbons (Fsp3) is 1.00. The molecule has 2 rings (SSSR count). The molecule has 2 atom stereocenters. The van der Waals surface area contributed by atoms with Crippen molar-refractivity contribution in [2.24, 2.45) is 5.92 Å². The molecule has 2 aliphatic rings. The van der Waals surface area contributed by atoms with Crippen LogP contribution >= 0.6 is 0 Å². The Morgan fingerprint density at radius 2 is 2.00 bits per heavy atom. The molecule has 1 aliphatic carbocycles. The van der Waals surface area contributed by atoms with Crippen molar-refractivity contribution >= 4 is 0 Å². The van der Waals surface area contributed by atoms with Gasteiger partial charge in [-0.2, -0.15) is 0 Å². The van der Waals surface area contributed by atoms with Gasteiger partial charge in [-0.3, -0.25) is 4.90 Å². The van der Waals surface area contributed by atoms with Gasteiger partial charge in [-0.1, -0.05) is 13.8 Å². The maximum absolute atomic E-state index is 3.58. The van der Waals surface area contributed by atoms with Crippen molar-refractivity contribution in [3.05, 3.63) is 0 Å². The minimum atomic E-state index is 0.690. The smallest absolute Gasteiger partial charge is 0.0247 e. The van der Waals surface area contributed by atoms with Gasteiger partial charge in [0, 0.05) is 31.2 Å². The summed E-state index contributed by atoms with van der Waals surface area (Å²) in [5.41, 5.74) is 0. The highest BCUT2D eigenvalue weighted by atomic mass is 15.3. The zero-order valence-corrected chi connectivity index (χ0v) is 9.09. The average molecular weight is 182 g/mol. The van der Waals surface area contributed by atoms with E-state index in [9.17, 15) is 0 Å². The van der Waals surface area contributed by atoms with Gasteiger partial charge in [-0.25, -0.2) is 0 Å². The number of nitrogens with zero attached hydrogens (tertiary/aromatic N) is 1. The van der Waals surface area contributed by atoms with Gasteiger partial charge in [0.2, 0.25) is 0 Å². The van der Waals surface area contributed by atoms with E-state index in [1.54, 1.807) is 0 Å². The predicted molar refractivity (Wildman–Crippen MR) is 55.8 cm³/mol. The monoisotopic (exact) mass is 182 g/mol. The third-order valence-corrected chi connectivity index (χ3v) is 3.37. The van der Waals surface area contributed by atoms with Crippen LogP contribution in [-0.2, 0) is 0 Å². The van der Waals surface area contributed by atoms with E-state index in [0.717, 1.165) is 18.0 Å². The molecule has 0 aromatic heterocycles. The van der Waals surface area contributed by atoms with Crippen LogP contribution in [0.5, 0.6) is 0 Å². The molecule has 13 heavy (non-hydrogen) atoms. The van der Waals surface area contributed by atoms with Gasteiger partial charge in [0.05, 0.1) is 0 Å². The van der Waals surface area contributed by atoms with Crippen LogP contribution in [0, 0.1) is 5.92 Å². The Kier molecular flexibility index (Phi) is 2.61. The van der Waals surface area contributed by atoms with Crippen molar-refractivity contribution in [1.82, 2.24) is 10.2 Å². The van der Waals surface area contributed by atoms with Crippen LogP contribution in [0.4, 0.5) is 0 Å². The number of rotatable bonds is 2. The van der Waals surface area contributed by atoms with Crippen LogP contribution in [0.25, 0.3) is 0 Å². The van der Waals surface area contributed by atoms with Crippen molar-refractivity contribution in [1.29, 1.82) is 0 Å². The van der Waals surface area contributed by atoms with E-state index >= 15 is 0 Å². The molecule has 2 heteroatoms. The van der Waals surface area contributed by atoms with E-state index in [0.29, 0.717) is 6.04 Å². The second-order valence-electron chi connectivity index (χ2n) is 5.05. The van der Waals surface area contributed by atoms with Crippen molar-refractivity contribution in [3.8, 4) is 0 Å². The van der Waals surface area contributed by atoms with Crippen molar-refractivity contribution in [2.75, 3.05) is 13.1 Å². The summed E-state index contributed by atoms with van der Waals surface area (Å²) >= 11 is 0. The topological polar surface area (TPSA) is 15.3 Å². The Balaban J connectivity index is 1.98. The average Bonchev–Trinajstić information content (AvgIpc) is 2.85. The van der Waals surface area contributed by atoms with E-state index in [-0.39, 0.29) is 0 Å². The number of hydrogen-bond donors (Lipinski definition) is 1. The van der Waals surface area contributed by atoms with E-state index in [1.165, 1.54) is 25.9 Å². The Bertz CT molecular complexity index is 175. The van der Waals surface area contributed by atoms with Gasteiger partial charge in [0.15, 0.2) is 0 Å². The Labute approximate surface area is 81.7 Å². The minimum absolute atomic E-state index is 0.690.